The molecule has 2 nitrogen and oxygen atoms in total. The van der Waals surface area contributed by atoms with Crippen molar-refractivity contribution < 1.29 is 9.90 Å². The summed E-state index contributed by atoms with van der Waals surface area (Å²) in [5.41, 5.74) is 0. The fourth-order valence-electron chi connectivity index (χ4n) is 2.69. The van der Waals surface area contributed by atoms with Gasteiger partial charge in [-0.3, -0.25) is 0 Å². The Morgan fingerprint density at radius 1 is 0.519 bits per heavy atom. The molecule has 0 heterocycles. The molecule has 0 unspecified atom stereocenters. The van der Waals surface area contributed by atoms with E-state index in [-0.39, 0.29) is 0 Å². The van der Waals surface area contributed by atoms with Crippen LogP contribution in [0.1, 0.15) is 123 Å². The van der Waals surface area contributed by atoms with Gasteiger partial charge >= 0.3 is 0 Å². The van der Waals surface area contributed by atoms with E-state index >= 15 is 0 Å². The van der Waals surface area contributed by atoms with E-state index in [0.717, 1.165) is 38.4 Å². The van der Waals surface area contributed by atoms with Crippen molar-refractivity contribution in [2.45, 2.75) is 123 Å². The zero-order valence-corrected chi connectivity index (χ0v) is 18.5. The quantitative estimate of drug-likeness (QED) is 0.140. The van der Waals surface area contributed by atoms with Crippen molar-refractivity contribution in [3.05, 3.63) is 24.3 Å². The van der Waals surface area contributed by atoms with Crippen LogP contribution in [-0.2, 0) is 4.79 Å². The summed E-state index contributed by atoms with van der Waals surface area (Å²) in [6.07, 6.45) is 30.7. The number of aliphatic hydroxyl groups excluding tert-OH is 1. The summed E-state index contributed by atoms with van der Waals surface area (Å²) in [6.45, 7) is 4.78. The lowest BCUT2D eigenvalue weighted by molar-refractivity contribution is -0.107. The van der Waals surface area contributed by atoms with Crippen LogP contribution in [0.25, 0.3) is 0 Å². The van der Waals surface area contributed by atoms with Gasteiger partial charge in [-0.25, -0.2) is 0 Å². The number of hydrogen-bond acceptors (Lipinski definition) is 2. The molecule has 0 atom stereocenters. The number of aldehydes is 1. The lowest BCUT2D eigenvalue weighted by Crippen LogP contribution is -1.80. The van der Waals surface area contributed by atoms with Crippen LogP contribution in [0.4, 0.5) is 0 Å². The highest BCUT2D eigenvalue weighted by Crippen LogP contribution is 2.08. The number of rotatable bonds is 19. The molecule has 0 rings (SSSR count). The third-order valence-electron chi connectivity index (χ3n) is 4.50. The molecule has 0 saturated carbocycles. The molecule has 0 bridgehead atoms. The summed E-state index contributed by atoms with van der Waals surface area (Å²) in [7, 11) is 0. The molecule has 27 heavy (non-hydrogen) atoms. The van der Waals surface area contributed by atoms with E-state index in [2.05, 4.69) is 38.2 Å². The molecule has 0 aromatic carbocycles. The first-order valence-corrected chi connectivity index (χ1v) is 11.7. The van der Waals surface area contributed by atoms with Crippen molar-refractivity contribution in [1.29, 1.82) is 0 Å². The van der Waals surface area contributed by atoms with Crippen molar-refractivity contribution in [2.24, 2.45) is 0 Å². The highest BCUT2D eigenvalue weighted by molar-refractivity contribution is 5.48. The van der Waals surface area contributed by atoms with E-state index in [1.165, 1.54) is 77.0 Å². The molecule has 0 fully saturated rings. The minimum Gasteiger partial charge on any atom is -0.396 e. The molecule has 160 valence electrons. The molecule has 0 aromatic rings. The average Bonchev–Trinajstić information content (AvgIpc) is 2.69. The van der Waals surface area contributed by atoms with Crippen LogP contribution in [0, 0.1) is 0 Å². The summed E-state index contributed by atoms with van der Waals surface area (Å²) in [5.74, 6) is 0. The summed E-state index contributed by atoms with van der Waals surface area (Å²) >= 11 is 0. The van der Waals surface area contributed by atoms with Gasteiger partial charge in [0, 0.05) is 13.0 Å². The van der Waals surface area contributed by atoms with Gasteiger partial charge in [0.1, 0.15) is 6.29 Å². The van der Waals surface area contributed by atoms with Crippen LogP contribution >= 0.6 is 0 Å². The molecule has 0 saturated heterocycles. The number of aliphatic hydroxyl groups is 1. The topological polar surface area (TPSA) is 37.3 Å². The minimum atomic E-state index is 0.336. The van der Waals surface area contributed by atoms with Gasteiger partial charge < -0.3 is 9.90 Å². The van der Waals surface area contributed by atoms with E-state index in [0.29, 0.717) is 6.61 Å². The molecule has 0 aliphatic heterocycles. The van der Waals surface area contributed by atoms with Crippen LogP contribution in [0.15, 0.2) is 24.3 Å². The molecule has 0 radical (unpaired) electrons. The Balaban J connectivity index is 0. The normalized spacial score (nSPS) is 11.1. The minimum absolute atomic E-state index is 0.336. The van der Waals surface area contributed by atoms with E-state index in [4.69, 9.17) is 5.11 Å². The molecule has 0 aliphatic rings. The van der Waals surface area contributed by atoms with Crippen molar-refractivity contribution >= 4 is 6.29 Å². The predicted molar refractivity (Wildman–Crippen MR) is 121 cm³/mol. The Kier molecular flexibility index (Phi) is 31.3. The van der Waals surface area contributed by atoms with E-state index in [1.54, 1.807) is 0 Å². The van der Waals surface area contributed by atoms with E-state index in [9.17, 15) is 4.79 Å². The third kappa shape index (κ3) is 33.2. The SMILES string of the molecule is CCCC/C=C\CCCCCCCCC=O.CCCC/C=C\CCCCO. The van der Waals surface area contributed by atoms with Crippen molar-refractivity contribution in [2.75, 3.05) is 6.61 Å². The number of carbonyl (C=O) groups excluding carboxylic acids is 1. The van der Waals surface area contributed by atoms with Crippen LogP contribution in [0.5, 0.6) is 0 Å². The Hall–Kier alpha value is -0.890. The Labute approximate surface area is 170 Å². The highest BCUT2D eigenvalue weighted by Gasteiger charge is 1.90. The van der Waals surface area contributed by atoms with Crippen LogP contribution in [-0.4, -0.2) is 18.0 Å². The Morgan fingerprint density at radius 3 is 1.30 bits per heavy atom. The van der Waals surface area contributed by atoms with Crippen molar-refractivity contribution in [3.63, 3.8) is 0 Å². The zero-order chi connectivity index (χ0) is 20.3. The first-order chi connectivity index (χ1) is 13.3. The van der Waals surface area contributed by atoms with Crippen molar-refractivity contribution in [1.82, 2.24) is 0 Å². The van der Waals surface area contributed by atoms with Gasteiger partial charge in [0.25, 0.3) is 0 Å². The predicted octanol–water partition coefficient (Wildman–Crippen LogP) is 7.95. The maximum atomic E-state index is 10.1. The van der Waals surface area contributed by atoms with Crippen LogP contribution in [0.2, 0.25) is 0 Å². The molecule has 0 amide bonds. The number of carbonyl (C=O) groups is 1. The van der Waals surface area contributed by atoms with Gasteiger partial charge in [0.05, 0.1) is 0 Å². The monoisotopic (exact) mass is 380 g/mol. The van der Waals surface area contributed by atoms with Gasteiger partial charge in [-0.2, -0.15) is 0 Å². The van der Waals surface area contributed by atoms with Gasteiger partial charge in [-0.15, -0.1) is 0 Å². The van der Waals surface area contributed by atoms with Gasteiger partial charge in [-0.1, -0.05) is 89.5 Å². The number of unbranched alkanes of at least 4 members (excludes halogenated alkanes) is 13. The molecular formula is C25H48O2. The standard InChI is InChI=1S/C15H28O.C10H20O/c1-2-3-4-5-6-7-8-9-10-11-12-13-14-15-16;1-2-3-4-5-6-7-8-9-10-11/h5-6,15H,2-4,7-14H2,1H3;5-6,11H,2-4,7-10H2,1H3/b2*6-5-. The lowest BCUT2D eigenvalue weighted by Gasteiger charge is -1.98. The molecule has 0 aliphatic carbocycles. The average molecular weight is 381 g/mol. The lowest BCUT2D eigenvalue weighted by atomic mass is 10.1. The smallest absolute Gasteiger partial charge is 0.119 e. The zero-order valence-electron chi connectivity index (χ0n) is 18.5. The molecule has 0 spiro atoms. The van der Waals surface area contributed by atoms with E-state index < -0.39 is 0 Å². The van der Waals surface area contributed by atoms with Crippen LogP contribution in [0.3, 0.4) is 0 Å². The second kappa shape index (κ2) is 29.9. The number of hydrogen-bond donors (Lipinski definition) is 1. The first kappa shape index (κ1) is 28.3. The third-order valence-corrected chi connectivity index (χ3v) is 4.50. The van der Waals surface area contributed by atoms with E-state index in [1.807, 2.05) is 0 Å². The Bertz CT molecular complexity index is 307. The molecule has 0 aromatic heterocycles. The maximum absolute atomic E-state index is 10.1. The Morgan fingerprint density at radius 2 is 0.889 bits per heavy atom. The van der Waals surface area contributed by atoms with Gasteiger partial charge in [-0.05, 0) is 51.4 Å². The summed E-state index contributed by atoms with van der Waals surface area (Å²) in [5, 5.41) is 8.48. The highest BCUT2D eigenvalue weighted by atomic mass is 16.2. The van der Waals surface area contributed by atoms with Crippen molar-refractivity contribution in [3.8, 4) is 0 Å². The maximum Gasteiger partial charge on any atom is 0.119 e. The first-order valence-electron chi connectivity index (χ1n) is 11.7. The second-order valence-electron chi connectivity index (χ2n) is 7.31. The molecule has 2 heteroatoms. The largest absolute Gasteiger partial charge is 0.396 e. The number of allylic oxidation sites excluding steroid dienone is 4. The summed E-state index contributed by atoms with van der Waals surface area (Å²) in [6, 6.07) is 0. The summed E-state index contributed by atoms with van der Waals surface area (Å²) < 4.78 is 0. The molecule has 1 N–H and O–H groups in total. The van der Waals surface area contributed by atoms with Gasteiger partial charge in [0.15, 0.2) is 0 Å². The second-order valence-corrected chi connectivity index (χ2v) is 7.31. The summed E-state index contributed by atoms with van der Waals surface area (Å²) in [4.78, 5) is 10.1. The van der Waals surface area contributed by atoms with Gasteiger partial charge in [0.2, 0.25) is 0 Å². The van der Waals surface area contributed by atoms with Crippen LogP contribution < -0.4 is 0 Å². The fraction of sp³-hybridized carbons (Fsp3) is 0.800. The fourth-order valence-corrected chi connectivity index (χ4v) is 2.69. The molecular weight excluding hydrogens is 332 g/mol.